The molecule has 2 N–H and O–H groups in total. The minimum atomic E-state index is -1.18. The number of rotatable bonds is 7. The SMILES string of the molecule is CCOC(=O)C1(CCCOC)CNC(=O)CN(C(=O)c2nc3ccc(Cl)cn3c2F)CCNC(=O)COc2cccc(c2)C1. The molecular weight excluding hydrogens is 597 g/mol. The standard InChI is InChI=1S/C30H35ClFN5O7/c1-3-43-29(41)30(10-5-13-42-2)15-20-6-4-7-22(14-20)44-18-25(39)33-11-12-36(17-24(38)34-19-30)28(40)26-27(32)37-16-21(31)8-9-23(37)35-26/h4,6-9,14,16H,3,5,10-13,15,17-19H2,1-2H3,(H,33,39)(H,34,38). The third-order valence-electron chi connectivity index (χ3n) is 7.20. The first-order chi connectivity index (χ1) is 21.2. The molecule has 1 aliphatic rings. The van der Waals surface area contributed by atoms with Gasteiger partial charge in [0.05, 0.1) is 23.6 Å². The van der Waals surface area contributed by atoms with Crippen LogP contribution in [-0.4, -0.2) is 91.1 Å². The molecule has 236 valence electrons. The second-order valence-electron chi connectivity index (χ2n) is 10.4. The van der Waals surface area contributed by atoms with Crippen LogP contribution in [0.25, 0.3) is 5.65 Å². The zero-order valence-electron chi connectivity index (χ0n) is 24.6. The van der Waals surface area contributed by atoms with Gasteiger partial charge in [0, 0.05) is 39.5 Å². The number of benzene rings is 1. The predicted octanol–water partition coefficient (Wildman–Crippen LogP) is 2.41. The number of amides is 3. The van der Waals surface area contributed by atoms with E-state index in [2.05, 4.69) is 15.6 Å². The van der Waals surface area contributed by atoms with Crippen molar-refractivity contribution in [3.05, 3.63) is 64.8 Å². The van der Waals surface area contributed by atoms with E-state index in [9.17, 15) is 19.2 Å². The molecule has 0 radical (unpaired) electrons. The molecule has 3 amide bonds. The van der Waals surface area contributed by atoms with E-state index in [0.717, 1.165) is 14.9 Å². The fourth-order valence-corrected chi connectivity index (χ4v) is 5.18. The Morgan fingerprint density at radius 3 is 2.77 bits per heavy atom. The van der Waals surface area contributed by atoms with Crippen LogP contribution in [0.15, 0.2) is 42.6 Å². The van der Waals surface area contributed by atoms with Crippen LogP contribution < -0.4 is 15.4 Å². The summed E-state index contributed by atoms with van der Waals surface area (Å²) < 4.78 is 32.7. The number of pyridine rings is 1. The summed E-state index contributed by atoms with van der Waals surface area (Å²) in [5, 5.41) is 5.68. The number of fused-ring (bicyclic) bond motifs is 3. The third kappa shape index (κ3) is 8.03. The van der Waals surface area contributed by atoms with Gasteiger partial charge < -0.3 is 29.7 Å². The maximum atomic E-state index is 15.3. The molecule has 1 aromatic carbocycles. The minimum absolute atomic E-state index is 0.0497. The topological polar surface area (TPSA) is 141 Å². The smallest absolute Gasteiger partial charge is 0.314 e. The van der Waals surface area contributed by atoms with Crippen molar-refractivity contribution in [3.63, 3.8) is 0 Å². The Hall–Kier alpha value is -4.23. The van der Waals surface area contributed by atoms with E-state index in [1.807, 2.05) is 6.07 Å². The normalized spacial score (nSPS) is 18.3. The van der Waals surface area contributed by atoms with Crippen molar-refractivity contribution < 1.29 is 37.8 Å². The molecule has 14 heteroatoms. The van der Waals surface area contributed by atoms with E-state index >= 15 is 4.39 Å². The third-order valence-corrected chi connectivity index (χ3v) is 7.42. The molecule has 0 spiro atoms. The number of methoxy groups -OCH3 is 1. The zero-order valence-corrected chi connectivity index (χ0v) is 25.3. The van der Waals surface area contributed by atoms with Crippen molar-refractivity contribution in [2.45, 2.75) is 26.2 Å². The van der Waals surface area contributed by atoms with Gasteiger partial charge in [-0.2, -0.15) is 4.39 Å². The fourth-order valence-electron chi connectivity index (χ4n) is 5.02. The summed E-state index contributed by atoms with van der Waals surface area (Å²) >= 11 is 5.98. The Balaban J connectivity index is 1.66. The number of carbonyl (C=O) groups excluding carboxylic acids is 4. The van der Waals surface area contributed by atoms with E-state index in [-0.39, 0.29) is 49.9 Å². The molecule has 2 aromatic heterocycles. The highest BCUT2D eigenvalue weighted by molar-refractivity contribution is 6.30. The van der Waals surface area contributed by atoms with Gasteiger partial charge in [0.1, 0.15) is 11.4 Å². The number of ether oxygens (including phenoxy) is 3. The van der Waals surface area contributed by atoms with Crippen LogP contribution in [0.1, 0.15) is 35.8 Å². The largest absolute Gasteiger partial charge is 0.484 e. The first kappa shape index (κ1) is 32.7. The van der Waals surface area contributed by atoms with Gasteiger partial charge in [-0.25, -0.2) is 4.98 Å². The Labute approximate surface area is 258 Å². The lowest BCUT2D eigenvalue weighted by molar-refractivity contribution is -0.156. The maximum Gasteiger partial charge on any atom is 0.314 e. The number of hydrogen-bond acceptors (Lipinski definition) is 8. The molecule has 1 atom stereocenters. The Morgan fingerprint density at radius 2 is 2.00 bits per heavy atom. The fraction of sp³-hybridized carbons (Fsp3) is 0.433. The van der Waals surface area contributed by atoms with Gasteiger partial charge in [0.25, 0.3) is 11.8 Å². The molecule has 4 rings (SSSR count). The lowest BCUT2D eigenvalue weighted by Gasteiger charge is -2.32. The van der Waals surface area contributed by atoms with E-state index in [0.29, 0.717) is 25.2 Å². The molecule has 1 unspecified atom stereocenters. The number of nitrogens with one attached hydrogen (secondary N) is 2. The van der Waals surface area contributed by atoms with Crippen molar-refractivity contribution in [2.75, 3.05) is 53.1 Å². The number of halogens is 2. The van der Waals surface area contributed by atoms with E-state index < -0.39 is 47.3 Å². The highest BCUT2D eigenvalue weighted by Crippen LogP contribution is 2.32. The first-order valence-corrected chi connectivity index (χ1v) is 14.6. The summed E-state index contributed by atoms with van der Waals surface area (Å²) in [4.78, 5) is 58.0. The molecular formula is C30H35ClFN5O7. The lowest BCUT2D eigenvalue weighted by atomic mass is 9.77. The van der Waals surface area contributed by atoms with Crippen molar-refractivity contribution in [3.8, 4) is 5.75 Å². The van der Waals surface area contributed by atoms with Crippen molar-refractivity contribution in [2.24, 2.45) is 5.41 Å². The number of esters is 1. The molecule has 12 nitrogen and oxygen atoms in total. The van der Waals surface area contributed by atoms with Crippen LogP contribution in [0.3, 0.4) is 0 Å². The Bertz CT molecular complexity index is 1520. The summed E-state index contributed by atoms with van der Waals surface area (Å²) in [7, 11) is 1.56. The average molecular weight is 632 g/mol. The summed E-state index contributed by atoms with van der Waals surface area (Å²) in [6, 6.07) is 9.97. The van der Waals surface area contributed by atoms with Crippen molar-refractivity contribution in [1.29, 1.82) is 0 Å². The molecule has 1 aliphatic heterocycles. The molecule has 0 saturated heterocycles. The highest BCUT2D eigenvalue weighted by atomic mass is 35.5. The number of nitrogens with zero attached hydrogens (tertiary/aromatic N) is 3. The summed E-state index contributed by atoms with van der Waals surface area (Å²) in [5.41, 5.74) is -0.811. The number of aromatic nitrogens is 2. The number of imidazole rings is 1. The number of hydrogen-bond donors (Lipinski definition) is 2. The zero-order chi connectivity index (χ0) is 31.7. The van der Waals surface area contributed by atoms with Crippen LogP contribution in [0.2, 0.25) is 5.02 Å². The van der Waals surface area contributed by atoms with Gasteiger partial charge in [-0.15, -0.1) is 0 Å². The molecule has 0 saturated carbocycles. The maximum absolute atomic E-state index is 15.3. The van der Waals surface area contributed by atoms with Crippen LogP contribution in [0.4, 0.5) is 4.39 Å². The van der Waals surface area contributed by atoms with Gasteiger partial charge >= 0.3 is 5.97 Å². The van der Waals surface area contributed by atoms with Crippen molar-refractivity contribution >= 4 is 40.9 Å². The quantitative estimate of drug-likeness (QED) is 0.299. The van der Waals surface area contributed by atoms with Gasteiger partial charge in [-0.05, 0) is 56.0 Å². The summed E-state index contributed by atoms with van der Waals surface area (Å²) in [5.74, 6) is -2.95. The van der Waals surface area contributed by atoms with E-state index in [1.165, 1.54) is 18.3 Å². The van der Waals surface area contributed by atoms with Crippen LogP contribution in [-0.2, 0) is 30.3 Å². The molecule has 2 bridgehead atoms. The van der Waals surface area contributed by atoms with Crippen LogP contribution >= 0.6 is 11.6 Å². The second kappa shape index (κ2) is 15.0. The Kier molecular flexibility index (Phi) is 11.1. The van der Waals surface area contributed by atoms with Gasteiger partial charge in [0.2, 0.25) is 11.9 Å². The van der Waals surface area contributed by atoms with Crippen LogP contribution in [0.5, 0.6) is 5.75 Å². The molecule has 0 fully saturated rings. The summed E-state index contributed by atoms with van der Waals surface area (Å²) in [6.07, 6.45) is 2.30. The molecule has 3 heterocycles. The molecule has 44 heavy (non-hydrogen) atoms. The summed E-state index contributed by atoms with van der Waals surface area (Å²) in [6.45, 7) is 1.12. The van der Waals surface area contributed by atoms with E-state index in [4.69, 9.17) is 25.8 Å². The van der Waals surface area contributed by atoms with Gasteiger partial charge in [-0.1, -0.05) is 23.7 Å². The Morgan fingerprint density at radius 1 is 1.18 bits per heavy atom. The number of carbonyl (C=O) groups is 4. The molecule has 0 aliphatic carbocycles. The lowest BCUT2D eigenvalue weighted by Crippen LogP contribution is -2.49. The van der Waals surface area contributed by atoms with Crippen LogP contribution in [0, 0.1) is 11.4 Å². The highest BCUT2D eigenvalue weighted by Gasteiger charge is 2.40. The first-order valence-electron chi connectivity index (χ1n) is 14.2. The van der Waals surface area contributed by atoms with Gasteiger partial charge in [0.15, 0.2) is 12.3 Å². The van der Waals surface area contributed by atoms with Crippen molar-refractivity contribution in [1.82, 2.24) is 24.9 Å². The second-order valence-corrected chi connectivity index (χ2v) is 10.8. The minimum Gasteiger partial charge on any atom is -0.484 e. The predicted molar refractivity (Wildman–Crippen MR) is 158 cm³/mol. The monoisotopic (exact) mass is 631 g/mol. The van der Waals surface area contributed by atoms with E-state index in [1.54, 1.807) is 32.2 Å². The average Bonchev–Trinajstić information content (AvgIpc) is 3.33. The van der Waals surface area contributed by atoms with Gasteiger partial charge in [-0.3, -0.25) is 23.6 Å². The molecule has 3 aromatic rings.